The Bertz CT molecular complexity index is 875. The number of amides is 2. The normalized spacial score (nSPS) is 15.1. The van der Waals surface area contributed by atoms with E-state index < -0.39 is 17.1 Å². The summed E-state index contributed by atoms with van der Waals surface area (Å²) in [5, 5.41) is 8.52. The van der Waals surface area contributed by atoms with Gasteiger partial charge in [-0.05, 0) is 35.2 Å². The molecule has 0 radical (unpaired) electrons. The average molecular weight is 369 g/mol. The summed E-state index contributed by atoms with van der Waals surface area (Å²) in [6, 6.07) is 11.7. The van der Waals surface area contributed by atoms with E-state index in [0.717, 1.165) is 17.2 Å². The standard InChI is InChI=1S/C21H24FN3O2/c1-13(2)15-6-4-5-7-17(15)21(11-24-12-21)20(27)25-18-9-8-14(22)10-16(18)19(26)23-3/h4-10,13,24H,11-12H2,1-3H3,(H,23,26)(H,25,27). The van der Waals surface area contributed by atoms with Crippen LogP contribution in [0.2, 0.25) is 0 Å². The minimum Gasteiger partial charge on any atom is -0.355 e. The Balaban J connectivity index is 1.98. The van der Waals surface area contributed by atoms with Gasteiger partial charge in [0.25, 0.3) is 5.91 Å². The Morgan fingerprint density at radius 1 is 1.15 bits per heavy atom. The van der Waals surface area contributed by atoms with Crippen LogP contribution in [0.1, 0.15) is 41.3 Å². The van der Waals surface area contributed by atoms with Gasteiger partial charge in [0, 0.05) is 20.1 Å². The predicted molar refractivity (Wildman–Crippen MR) is 103 cm³/mol. The quantitative estimate of drug-likeness (QED) is 0.759. The van der Waals surface area contributed by atoms with Gasteiger partial charge in [-0.3, -0.25) is 9.59 Å². The zero-order valence-corrected chi connectivity index (χ0v) is 15.7. The lowest BCUT2D eigenvalue weighted by molar-refractivity contribution is -0.123. The van der Waals surface area contributed by atoms with Crippen LogP contribution in [0.5, 0.6) is 0 Å². The van der Waals surface area contributed by atoms with Crippen LogP contribution < -0.4 is 16.0 Å². The number of hydrogen-bond donors (Lipinski definition) is 3. The van der Waals surface area contributed by atoms with Gasteiger partial charge in [-0.15, -0.1) is 0 Å². The van der Waals surface area contributed by atoms with Crippen LogP contribution in [0, 0.1) is 5.82 Å². The minimum absolute atomic E-state index is 0.102. The second-order valence-corrected chi connectivity index (χ2v) is 7.15. The van der Waals surface area contributed by atoms with Crippen LogP contribution in [0.25, 0.3) is 0 Å². The molecule has 3 N–H and O–H groups in total. The number of benzene rings is 2. The van der Waals surface area contributed by atoms with Crippen molar-refractivity contribution in [3.05, 3.63) is 65.0 Å². The van der Waals surface area contributed by atoms with Crippen LogP contribution in [0.4, 0.5) is 10.1 Å². The fraction of sp³-hybridized carbons (Fsp3) is 0.333. The Hall–Kier alpha value is -2.73. The molecule has 0 aromatic heterocycles. The first-order chi connectivity index (χ1) is 12.9. The molecule has 6 heteroatoms. The highest BCUT2D eigenvalue weighted by molar-refractivity contribution is 6.07. The number of halogens is 1. The molecule has 0 atom stereocenters. The Morgan fingerprint density at radius 3 is 2.44 bits per heavy atom. The fourth-order valence-corrected chi connectivity index (χ4v) is 3.47. The molecule has 0 saturated carbocycles. The van der Waals surface area contributed by atoms with Gasteiger partial charge in [-0.2, -0.15) is 0 Å². The smallest absolute Gasteiger partial charge is 0.253 e. The summed E-state index contributed by atoms with van der Waals surface area (Å²) in [4.78, 5) is 25.3. The number of carbonyl (C=O) groups excluding carboxylic acids is 2. The molecule has 0 bridgehead atoms. The monoisotopic (exact) mass is 369 g/mol. The lowest BCUT2D eigenvalue weighted by Crippen LogP contribution is -2.63. The molecule has 0 unspecified atom stereocenters. The first-order valence-electron chi connectivity index (χ1n) is 9.02. The van der Waals surface area contributed by atoms with Crippen molar-refractivity contribution >= 4 is 17.5 Å². The topological polar surface area (TPSA) is 70.2 Å². The average Bonchev–Trinajstić information content (AvgIpc) is 2.62. The summed E-state index contributed by atoms with van der Waals surface area (Å²) in [6.07, 6.45) is 0. The fourth-order valence-electron chi connectivity index (χ4n) is 3.47. The molecular formula is C21H24FN3O2. The van der Waals surface area contributed by atoms with Crippen molar-refractivity contribution in [1.82, 2.24) is 10.6 Å². The molecule has 0 aliphatic carbocycles. The maximum Gasteiger partial charge on any atom is 0.253 e. The Labute approximate surface area is 158 Å². The molecule has 1 heterocycles. The van der Waals surface area contributed by atoms with Gasteiger partial charge >= 0.3 is 0 Å². The van der Waals surface area contributed by atoms with Crippen LogP contribution >= 0.6 is 0 Å². The molecule has 5 nitrogen and oxygen atoms in total. The lowest BCUT2D eigenvalue weighted by atomic mass is 9.71. The highest BCUT2D eigenvalue weighted by atomic mass is 19.1. The van der Waals surface area contributed by atoms with Gasteiger partial charge in [0.1, 0.15) is 5.82 Å². The van der Waals surface area contributed by atoms with E-state index in [-0.39, 0.29) is 17.4 Å². The lowest BCUT2D eigenvalue weighted by Gasteiger charge is -2.43. The van der Waals surface area contributed by atoms with Crippen LogP contribution in [0.3, 0.4) is 0 Å². The van der Waals surface area contributed by atoms with E-state index in [4.69, 9.17) is 0 Å². The number of carbonyl (C=O) groups is 2. The van der Waals surface area contributed by atoms with E-state index in [1.54, 1.807) is 0 Å². The number of hydrogen-bond acceptors (Lipinski definition) is 3. The Morgan fingerprint density at radius 2 is 1.85 bits per heavy atom. The second kappa shape index (κ2) is 7.48. The summed E-state index contributed by atoms with van der Waals surface area (Å²) in [6.45, 7) is 5.22. The molecule has 3 rings (SSSR count). The van der Waals surface area contributed by atoms with E-state index in [0.29, 0.717) is 18.8 Å². The molecule has 1 aliphatic heterocycles. The minimum atomic E-state index is -0.713. The van der Waals surface area contributed by atoms with E-state index in [2.05, 4.69) is 29.8 Å². The van der Waals surface area contributed by atoms with E-state index >= 15 is 0 Å². The zero-order chi connectivity index (χ0) is 19.6. The maximum absolute atomic E-state index is 13.6. The molecule has 1 saturated heterocycles. The van der Waals surface area contributed by atoms with Crippen molar-refractivity contribution in [2.45, 2.75) is 25.2 Å². The predicted octanol–water partition coefficient (Wildman–Crippen LogP) is 2.79. The number of nitrogens with one attached hydrogen (secondary N) is 3. The van der Waals surface area contributed by atoms with Crippen molar-refractivity contribution in [2.24, 2.45) is 0 Å². The SMILES string of the molecule is CNC(=O)c1cc(F)ccc1NC(=O)C1(c2ccccc2C(C)C)CNC1. The van der Waals surface area contributed by atoms with Crippen LogP contribution in [-0.2, 0) is 10.2 Å². The molecule has 2 amide bonds. The van der Waals surface area contributed by atoms with Crippen molar-refractivity contribution in [2.75, 3.05) is 25.5 Å². The number of rotatable bonds is 5. The molecule has 2 aromatic carbocycles. The van der Waals surface area contributed by atoms with Gasteiger partial charge < -0.3 is 16.0 Å². The van der Waals surface area contributed by atoms with E-state index in [1.807, 2.05) is 24.3 Å². The maximum atomic E-state index is 13.6. The van der Waals surface area contributed by atoms with Crippen molar-refractivity contribution in [1.29, 1.82) is 0 Å². The van der Waals surface area contributed by atoms with Gasteiger partial charge in [-0.1, -0.05) is 38.1 Å². The second-order valence-electron chi connectivity index (χ2n) is 7.15. The van der Waals surface area contributed by atoms with Gasteiger partial charge in [0.15, 0.2) is 0 Å². The van der Waals surface area contributed by atoms with E-state index in [9.17, 15) is 14.0 Å². The first kappa shape index (κ1) is 19.0. The summed E-state index contributed by atoms with van der Waals surface area (Å²) in [5.41, 5.74) is 1.80. The molecular weight excluding hydrogens is 345 g/mol. The highest BCUT2D eigenvalue weighted by Crippen LogP contribution is 2.36. The third-order valence-corrected chi connectivity index (χ3v) is 5.09. The highest BCUT2D eigenvalue weighted by Gasteiger charge is 2.47. The first-order valence-corrected chi connectivity index (χ1v) is 9.02. The summed E-state index contributed by atoms with van der Waals surface area (Å²) < 4.78 is 13.6. The van der Waals surface area contributed by atoms with Crippen molar-refractivity contribution in [3.8, 4) is 0 Å². The largest absolute Gasteiger partial charge is 0.355 e. The molecule has 27 heavy (non-hydrogen) atoms. The number of anilines is 1. The zero-order valence-electron chi connectivity index (χ0n) is 15.7. The molecule has 1 aliphatic rings. The van der Waals surface area contributed by atoms with Crippen LogP contribution in [0.15, 0.2) is 42.5 Å². The van der Waals surface area contributed by atoms with Crippen molar-refractivity contribution < 1.29 is 14.0 Å². The summed E-state index contributed by atoms with van der Waals surface area (Å²) in [5.74, 6) is -0.908. The summed E-state index contributed by atoms with van der Waals surface area (Å²) >= 11 is 0. The van der Waals surface area contributed by atoms with Gasteiger partial charge in [-0.25, -0.2) is 4.39 Å². The molecule has 1 fully saturated rings. The third-order valence-electron chi connectivity index (χ3n) is 5.09. The van der Waals surface area contributed by atoms with Crippen LogP contribution in [-0.4, -0.2) is 32.0 Å². The molecule has 0 spiro atoms. The summed E-state index contributed by atoms with van der Waals surface area (Å²) in [7, 11) is 1.47. The van der Waals surface area contributed by atoms with E-state index in [1.165, 1.54) is 19.2 Å². The van der Waals surface area contributed by atoms with Crippen molar-refractivity contribution in [3.63, 3.8) is 0 Å². The Kier molecular flexibility index (Phi) is 5.28. The molecule has 142 valence electrons. The molecule has 2 aromatic rings. The van der Waals surface area contributed by atoms with Gasteiger partial charge in [0.2, 0.25) is 5.91 Å². The van der Waals surface area contributed by atoms with Gasteiger partial charge in [0.05, 0.1) is 16.7 Å². The third kappa shape index (κ3) is 3.45.